The SMILES string of the molecule is C[C@H](N)C(=O)N1CCC[C@H](O)C1. The van der Waals surface area contributed by atoms with Crippen molar-refractivity contribution in [2.45, 2.75) is 31.9 Å². The predicted octanol–water partition coefficient (Wildman–Crippen LogP) is -0.683. The quantitative estimate of drug-likeness (QED) is 0.550. The number of hydrogen-bond donors (Lipinski definition) is 2. The zero-order valence-electron chi connectivity index (χ0n) is 7.36. The highest BCUT2D eigenvalue weighted by atomic mass is 16.3. The summed E-state index contributed by atoms with van der Waals surface area (Å²) in [6.07, 6.45) is 1.31. The van der Waals surface area contributed by atoms with E-state index in [0.29, 0.717) is 6.54 Å². The molecular weight excluding hydrogens is 156 g/mol. The molecule has 2 atom stereocenters. The first kappa shape index (κ1) is 9.48. The molecule has 0 aliphatic carbocycles. The summed E-state index contributed by atoms with van der Waals surface area (Å²) in [4.78, 5) is 13.0. The molecule has 0 radical (unpaired) electrons. The van der Waals surface area contributed by atoms with E-state index >= 15 is 0 Å². The summed E-state index contributed by atoms with van der Waals surface area (Å²) in [5.74, 6) is -0.0613. The van der Waals surface area contributed by atoms with E-state index in [9.17, 15) is 9.90 Å². The lowest BCUT2D eigenvalue weighted by Gasteiger charge is -2.31. The Morgan fingerprint density at radius 2 is 2.42 bits per heavy atom. The number of nitrogens with zero attached hydrogens (tertiary/aromatic N) is 1. The molecule has 0 bridgehead atoms. The number of rotatable bonds is 1. The maximum Gasteiger partial charge on any atom is 0.239 e. The molecule has 1 fully saturated rings. The van der Waals surface area contributed by atoms with Crippen LogP contribution in [0.15, 0.2) is 0 Å². The Morgan fingerprint density at radius 3 is 2.92 bits per heavy atom. The third-order valence-corrected chi connectivity index (χ3v) is 2.10. The number of piperidine rings is 1. The molecule has 12 heavy (non-hydrogen) atoms. The Morgan fingerprint density at radius 1 is 1.75 bits per heavy atom. The number of aliphatic hydroxyl groups is 1. The fourth-order valence-electron chi connectivity index (χ4n) is 1.44. The zero-order chi connectivity index (χ0) is 9.14. The minimum Gasteiger partial charge on any atom is -0.391 e. The third-order valence-electron chi connectivity index (χ3n) is 2.10. The van der Waals surface area contributed by atoms with Gasteiger partial charge in [0.15, 0.2) is 0 Å². The summed E-state index contributed by atoms with van der Waals surface area (Å²) in [6.45, 7) is 2.85. The van der Waals surface area contributed by atoms with Gasteiger partial charge in [-0.2, -0.15) is 0 Å². The van der Waals surface area contributed by atoms with E-state index in [2.05, 4.69) is 0 Å². The second-order valence-corrected chi connectivity index (χ2v) is 3.37. The number of likely N-dealkylation sites (tertiary alicyclic amines) is 1. The van der Waals surface area contributed by atoms with Crippen molar-refractivity contribution < 1.29 is 9.90 Å². The average molecular weight is 172 g/mol. The number of carbonyl (C=O) groups excluding carboxylic acids is 1. The van der Waals surface area contributed by atoms with Gasteiger partial charge in [0, 0.05) is 13.1 Å². The van der Waals surface area contributed by atoms with E-state index in [-0.39, 0.29) is 12.0 Å². The lowest BCUT2D eigenvalue weighted by molar-refractivity contribution is -0.135. The molecule has 1 rings (SSSR count). The first-order valence-electron chi connectivity index (χ1n) is 4.33. The number of amides is 1. The van der Waals surface area contributed by atoms with Gasteiger partial charge in [0.25, 0.3) is 0 Å². The summed E-state index contributed by atoms with van der Waals surface area (Å²) >= 11 is 0. The fraction of sp³-hybridized carbons (Fsp3) is 0.875. The molecule has 1 amide bonds. The van der Waals surface area contributed by atoms with Crippen molar-refractivity contribution in [1.82, 2.24) is 4.90 Å². The van der Waals surface area contributed by atoms with E-state index in [4.69, 9.17) is 5.73 Å². The van der Waals surface area contributed by atoms with Crippen LogP contribution in [0.4, 0.5) is 0 Å². The number of nitrogens with two attached hydrogens (primary N) is 1. The van der Waals surface area contributed by atoms with Gasteiger partial charge in [0.1, 0.15) is 0 Å². The number of aliphatic hydroxyl groups excluding tert-OH is 1. The lowest BCUT2D eigenvalue weighted by Crippen LogP contribution is -2.48. The third kappa shape index (κ3) is 2.19. The van der Waals surface area contributed by atoms with Crippen LogP contribution in [0.1, 0.15) is 19.8 Å². The maximum atomic E-state index is 11.3. The number of hydrogen-bond acceptors (Lipinski definition) is 3. The summed E-state index contributed by atoms with van der Waals surface area (Å²) in [6, 6.07) is -0.449. The fourth-order valence-corrected chi connectivity index (χ4v) is 1.44. The van der Waals surface area contributed by atoms with Crippen LogP contribution in [0.5, 0.6) is 0 Å². The van der Waals surface area contributed by atoms with Crippen LogP contribution >= 0.6 is 0 Å². The average Bonchev–Trinajstić information content (AvgIpc) is 2.03. The van der Waals surface area contributed by atoms with E-state index in [1.807, 2.05) is 0 Å². The molecular formula is C8H16N2O2. The molecule has 0 aromatic rings. The normalized spacial score (nSPS) is 26.9. The van der Waals surface area contributed by atoms with Gasteiger partial charge in [-0.15, -0.1) is 0 Å². The van der Waals surface area contributed by atoms with Gasteiger partial charge in [-0.3, -0.25) is 4.79 Å². The Hall–Kier alpha value is -0.610. The van der Waals surface area contributed by atoms with E-state index < -0.39 is 6.04 Å². The van der Waals surface area contributed by atoms with Gasteiger partial charge in [-0.05, 0) is 19.8 Å². The first-order valence-corrected chi connectivity index (χ1v) is 4.33. The molecule has 1 aliphatic heterocycles. The molecule has 0 aromatic heterocycles. The van der Waals surface area contributed by atoms with Crippen LogP contribution in [0.2, 0.25) is 0 Å². The highest BCUT2D eigenvalue weighted by Gasteiger charge is 2.23. The van der Waals surface area contributed by atoms with Gasteiger partial charge in [-0.25, -0.2) is 0 Å². The van der Waals surface area contributed by atoms with Crippen LogP contribution in [-0.2, 0) is 4.79 Å². The molecule has 1 aliphatic rings. The molecule has 0 saturated carbocycles. The van der Waals surface area contributed by atoms with Gasteiger partial charge in [0.05, 0.1) is 12.1 Å². The van der Waals surface area contributed by atoms with Crippen molar-refractivity contribution in [1.29, 1.82) is 0 Å². The van der Waals surface area contributed by atoms with Crippen molar-refractivity contribution >= 4 is 5.91 Å². The second kappa shape index (κ2) is 3.87. The largest absolute Gasteiger partial charge is 0.391 e. The number of carbonyl (C=O) groups is 1. The van der Waals surface area contributed by atoms with Crippen LogP contribution in [0.3, 0.4) is 0 Å². The molecule has 4 heteroatoms. The summed E-state index contributed by atoms with van der Waals surface area (Å²) in [5, 5.41) is 9.28. The minimum atomic E-state index is -0.449. The van der Waals surface area contributed by atoms with Gasteiger partial charge in [0.2, 0.25) is 5.91 Å². The lowest BCUT2D eigenvalue weighted by atomic mass is 10.1. The molecule has 4 nitrogen and oxygen atoms in total. The molecule has 1 saturated heterocycles. The van der Waals surface area contributed by atoms with Crippen LogP contribution in [-0.4, -0.2) is 41.1 Å². The van der Waals surface area contributed by atoms with Crippen molar-refractivity contribution in [2.24, 2.45) is 5.73 Å². The molecule has 3 N–H and O–H groups in total. The summed E-state index contributed by atoms with van der Waals surface area (Å²) < 4.78 is 0. The van der Waals surface area contributed by atoms with Crippen LogP contribution < -0.4 is 5.73 Å². The second-order valence-electron chi connectivity index (χ2n) is 3.37. The summed E-state index contributed by atoms with van der Waals surface area (Å²) in [5.41, 5.74) is 5.44. The van der Waals surface area contributed by atoms with Gasteiger partial charge < -0.3 is 15.7 Å². The summed E-state index contributed by atoms with van der Waals surface area (Å²) in [7, 11) is 0. The Labute approximate surface area is 72.3 Å². The molecule has 0 spiro atoms. The Kier molecular flexibility index (Phi) is 3.05. The molecule has 0 unspecified atom stereocenters. The van der Waals surface area contributed by atoms with Crippen LogP contribution in [0, 0.1) is 0 Å². The monoisotopic (exact) mass is 172 g/mol. The topological polar surface area (TPSA) is 66.6 Å². The molecule has 70 valence electrons. The predicted molar refractivity (Wildman–Crippen MR) is 45.5 cm³/mol. The van der Waals surface area contributed by atoms with E-state index in [1.54, 1.807) is 11.8 Å². The maximum absolute atomic E-state index is 11.3. The van der Waals surface area contributed by atoms with Crippen molar-refractivity contribution in [3.8, 4) is 0 Å². The highest BCUT2D eigenvalue weighted by molar-refractivity contribution is 5.81. The highest BCUT2D eigenvalue weighted by Crippen LogP contribution is 2.10. The molecule has 1 heterocycles. The Bertz CT molecular complexity index is 170. The minimum absolute atomic E-state index is 0.0613. The van der Waals surface area contributed by atoms with Crippen molar-refractivity contribution in [3.63, 3.8) is 0 Å². The first-order chi connectivity index (χ1) is 5.61. The number of β-amino-alcohol motifs (C(OH)–C–C–N with tert-alkyl or cyclic N) is 1. The van der Waals surface area contributed by atoms with Gasteiger partial charge >= 0.3 is 0 Å². The zero-order valence-corrected chi connectivity index (χ0v) is 7.36. The Balaban J connectivity index is 2.46. The van der Waals surface area contributed by atoms with E-state index in [0.717, 1.165) is 19.4 Å². The van der Waals surface area contributed by atoms with Gasteiger partial charge in [-0.1, -0.05) is 0 Å². The van der Waals surface area contributed by atoms with E-state index in [1.165, 1.54) is 0 Å². The standard InChI is InChI=1S/C8H16N2O2/c1-6(9)8(12)10-4-2-3-7(11)5-10/h6-7,11H,2-5,9H2,1H3/t6-,7-/m0/s1. The smallest absolute Gasteiger partial charge is 0.239 e. The molecule has 0 aromatic carbocycles. The van der Waals surface area contributed by atoms with Crippen molar-refractivity contribution in [3.05, 3.63) is 0 Å². The van der Waals surface area contributed by atoms with Crippen LogP contribution in [0.25, 0.3) is 0 Å². The van der Waals surface area contributed by atoms with Crippen molar-refractivity contribution in [2.75, 3.05) is 13.1 Å².